The zero-order valence-electron chi connectivity index (χ0n) is 23.8. The molecule has 3 aromatic rings. The van der Waals surface area contributed by atoms with Crippen molar-refractivity contribution in [2.75, 3.05) is 19.4 Å². The van der Waals surface area contributed by atoms with Crippen molar-refractivity contribution < 1.29 is 46.9 Å². The van der Waals surface area contributed by atoms with Gasteiger partial charge in [0.15, 0.2) is 23.3 Å². The van der Waals surface area contributed by atoms with Gasteiger partial charge in [-0.15, -0.1) is 0 Å². The highest BCUT2D eigenvalue weighted by atomic mass is 31.2. The summed E-state index contributed by atoms with van der Waals surface area (Å²) in [6.07, 6.45) is -5.08. The van der Waals surface area contributed by atoms with Crippen molar-refractivity contribution in [1.82, 2.24) is 14.5 Å². The van der Waals surface area contributed by atoms with Gasteiger partial charge in [0.1, 0.15) is 35.8 Å². The summed E-state index contributed by atoms with van der Waals surface area (Å²) in [5.41, 5.74) is -3.57. The fourth-order valence-corrected chi connectivity index (χ4v) is 6.46. The summed E-state index contributed by atoms with van der Waals surface area (Å²) in [6, 6.07) is 8.03. The smallest absolute Gasteiger partial charge is 0.380 e. The Hall–Kier alpha value is -3.60. The van der Waals surface area contributed by atoms with Crippen molar-refractivity contribution in [2.45, 2.75) is 57.8 Å². The number of aryl methyl sites for hydroxylation is 1. The van der Waals surface area contributed by atoms with E-state index in [4.69, 9.17) is 18.5 Å². The molecule has 0 amide bonds. The molecule has 43 heavy (non-hydrogen) atoms. The largest absolute Gasteiger partial charge is 0.463 e. The molecule has 0 aliphatic carbocycles. The van der Waals surface area contributed by atoms with Crippen molar-refractivity contribution in [2.24, 2.45) is 5.92 Å². The van der Waals surface area contributed by atoms with Crippen LogP contribution in [0.2, 0.25) is 0 Å². The predicted molar refractivity (Wildman–Crippen MR) is 150 cm³/mol. The first-order chi connectivity index (χ1) is 20.3. The number of halogens is 2. The SMILES string of the molecule is Cc1nc2c(c(F)cn2[C@@H]2O[C@H](CO[P@@](=O)(C[C@@H](C)C(=O)OC(C)C)Oc3ccccc3)[C@H](O)C2(O)C#CCF)c(=O)[nH]1. The van der Waals surface area contributed by atoms with E-state index < -0.39 is 85.8 Å². The molecule has 0 bridgehead atoms. The summed E-state index contributed by atoms with van der Waals surface area (Å²) >= 11 is 0. The van der Waals surface area contributed by atoms with E-state index in [1.165, 1.54) is 26.0 Å². The molecule has 15 heteroatoms. The number of carbonyl (C=O) groups is 1. The van der Waals surface area contributed by atoms with E-state index in [1.54, 1.807) is 32.0 Å². The number of rotatable bonds is 10. The first kappa shape index (κ1) is 32.3. The molecule has 232 valence electrons. The summed E-state index contributed by atoms with van der Waals surface area (Å²) in [7, 11) is -4.17. The summed E-state index contributed by atoms with van der Waals surface area (Å²) in [5, 5.41) is 22.2. The van der Waals surface area contributed by atoms with E-state index in [1.807, 2.05) is 5.92 Å². The Morgan fingerprint density at radius 3 is 2.65 bits per heavy atom. The van der Waals surface area contributed by atoms with Gasteiger partial charge in [-0.05, 0) is 32.9 Å². The molecule has 4 rings (SSSR count). The van der Waals surface area contributed by atoms with Crippen LogP contribution in [0.4, 0.5) is 8.78 Å². The molecular weight excluding hydrogens is 591 g/mol. The number of esters is 1. The topological polar surface area (TPSA) is 162 Å². The number of para-hydroxylation sites is 1. The van der Waals surface area contributed by atoms with Crippen molar-refractivity contribution in [3.63, 3.8) is 0 Å². The lowest BCUT2D eigenvalue weighted by Crippen LogP contribution is -2.46. The molecule has 2 aromatic heterocycles. The molecule has 1 aliphatic heterocycles. The minimum Gasteiger partial charge on any atom is -0.463 e. The fraction of sp³-hybridized carbons (Fsp3) is 0.464. The van der Waals surface area contributed by atoms with E-state index in [9.17, 15) is 33.1 Å². The average molecular weight is 624 g/mol. The number of H-pyrrole nitrogens is 1. The van der Waals surface area contributed by atoms with Gasteiger partial charge >= 0.3 is 13.6 Å². The van der Waals surface area contributed by atoms with Crippen LogP contribution in [-0.2, 0) is 23.4 Å². The van der Waals surface area contributed by atoms with Crippen LogP contribution in [0.15, 0.2) is 41.3 Å². The lowest BCUT2D eigenvalue weighted by Gasteiger charge is -2.27. The second-order valence-corrected chi connectivity index (χ2v) is 12.4. The third kappa shape index (κ3) is 6.98. The van der Waals surface area contributed by atoms with E-state index in [0.717, 1.165) is 10.8 Å². The molecule has 0 spiro atoms. The van der Waals surface area contributed by atoms with Gasteiger partial charge in [0, 0.05) is 6.20 Å². The van der Waals surface area contributed by atoms with Crippen LogP contribution < -0.4 is 10.1 Å². The number of hydrogen-bond acceptors (Lipinski definition) is 10. The highest BCUT2D eigenvalue weighted by Gasteiger charge is 2.57. The fourth-order valence-electron chi connectivity index (χ4n) is 4.60. The van der Waals surface area contributed by atoms with Crippen LogP contribution in [0.25, 0.3) is 11.0 Å². The minimum atomic E-state index is -4.17. The molecule has 1 saturated heterocycles. The van der Waals surface area contributed by atoms with Gasteiger partial charge in [-0.3, -0.25) is 18.7 Å². The number of aromatic amines is 1. The van der Waals surface area contributed by atoms with Gasteiger partial charge in [-0.1, -0.05) is 37.0 Å². The summed E-state index contributed by atoms with van der Waals surface area (Å²) in [6.45, 7) is 4.41. The third-order valence-electron chi connectivity index (χ3n) is 6.52. The molecule has 3 N–H and O–H groups in total. The van der Waals surface area contributed by atoms with Gasteiger partial charge in [-0.25, -0.2) is 18.3 Å². The first-order valence-electron chi connectivity index (χ1n) is 13.4. The Kier molecular flexibility index (Phi) is 9.73. The minimum absolute atomic E-state index is 0.123. The molecular formula is C28H32F2N3O9P. The number of aliphatic hydroxyl groups excluding tert-OH is 1. The number of hydrogen-bond donors (Lipinski definition) is 3. The Morgan fingerprint density at radius 2 is 2.00 bits per heavy atom. The number of aliphatic hydroxyl groups is 2. The number of nitrogens with one attached hydrogen (secondary N) is 1. The number of benzene rings is 1. The van der Waals surface area contributed by atoms with Crippen LogP contribution in [0, 0.1) is 30.5 Å². The zero-order chi connectivity index (χ0) is 31.5. The second kappa shape index (κ2) is 13.0. The quantitative estimate of drug-likeness (QED) is 0.174. The number of ether oxygens (including phenoxy) is 2. The maximum Gasteiger partial charge on any atom is 0.380 e. The second-order valence-electron chi connectivity index (χ2n) is 10.3. The molecule has 0 radical (unpaired) electrons. The Bertz CT molecular complexity index is 1640. The molecule has 1 fully saturated rings. The Balaban J connectivity index is 1.66. The van der Waals surface area contributed by atoms with Crippen LogP contribution >= 0.6 is 7.60 Å². The van der Waals surface area contributed by atoms with Gasteiger partial charge in [0.2, 0.25) is 0 Å². The summed E-state index contributed by atoms with van der Waals surface area (Å²) < 4.78 is 65.2. The van der Waals surface area contributed by atoms with E-state index >= 15 is 0 Å². The lowest BCUT2D eigenvalue weighted by atomic mass is 9.94. The van der Waals surface area contributed by atoms with Crippen LogP contribution in [-0.4, -0.2) is 74.1 Å². The predicted octanol–water partition coefficient (Wildman–Crippen LogP) is 3.01. The Labute approximate surface area is 245 Å². The molecule has 12 nitrogen and oxygen atoms in total. The normalized spacial score (nSPS) is 23.9. The monoisotopic (exact) mass is 623 g/mol. The maximum absolute atomic E-state index is 14.8. The highest BCUT2D eigenvalue weighted by molar-refractivity contribution is 7.54. The molecule has 3 heterocycles. The van der Waals surface area contributed by atoms with Gasteiger partial charge < -0.3 is 29.2 Å². The molecule has 1 unspecified atom stereocenters. The number of aromatic nitrogens is 3. The van der Waals surface area contributed by atoms with Gasteiger partial charge in [0.05, 0.1) is 24.8 Å². The molecule has 6 atom stereocenters. The standard InChI is InChI=1S/C28H32F2N3O9P/c1-16(2)40-26(36)17(3)15-43(38,42-19-9-6-5-7-10-19)39-14-21-23(34)28(37,11-8-12-29)27(41-21)33-13-20(30)22-24(33)31-18(4)32-25(22)35/h5-7,9-10,13,16-17,21,23,27,34,37H,12,14-15H2,1-4H3,(H,31,32,35)/t17-,21-,23+,27-,28?,43+/m1/s1. The van der Waals surface area contributed by atoms with Gasteiger partial charge in [0.25, 0.3) is 5.56 Å². The van der Waals surface area contributed by atoms with Crippen LogP contribution in [0.3, 0.4) is 0 Å². The molecule has 1 aromatic carbocycles. The van der Waals surface area contributed by atoms with Crippen molar-refractivity contribution in [3.05, 3.63) is 58.5 Å². The average Bonchev–Trinajstić information content (AvgIpc) is 3.39. The van der Waals surface area contributed by atoms with Crippen LogP contribution in [0.1, 0.15) is 32.8 Å². The number of fused-ring (bicyclic) bond motifs is 1. The van der Waals surface area contributed by atoms with Crippen LogP contribution in [0.5, 0.6) is 5.75 Å². The van der Waals surface area contributed by atoms with E-state index in [-0.39, 0.29) is 17.2 Å². The molecule has 0 saturated carbocycles. The van der Waals surface area contributed by atoms with Crippen molar-refractivity contribution in [3.8, 4) is 17.6 Å². The third-order valence-corrected chi connectivity index (χ3v) is 8.55. The lowest BCUT2D eigenvalue weighted by molar-refractivity contribution is -0.151. The van der Waals surface area contributed by atoms with Gasteiger partial charge in [-0.2, -0.15) is 0 Å². The van der Waals surface area contributed by atoms with Crippen molar-refractivity contribution >= 4 is 24.6 Å². The van der Waals surface area contributed by atoms with E-state index in [2.05, 4.69) is 15.9 Å². The first-order valence-corrected chi connectivity index (χ1v) is 15.1. The summed E-state index contributed by atoms with van der Waals surface area (Å²) in [5.74, 6) is 2.01. The number of carbonyl (C=O) groups excluding carboxylic acids is 1. The number of nitrogens with zero attached hydrogens (tertiary/aromatic N) is 2. The Morgan fingerprint density at radius 1 is 1.30 bits per heavy atom. The summed E-state index contributed by atoms with van der Waals surface area (Å²) in [4.78, 5) is 31.4. The van der Waals surface area contributed by atoms with Crippen molar-refractivity contribution in [1.29, 1.82) is 0 Å². The zero-order valence-corrected chi connectivity index (χ0v) is 24.7. The molecule has 1 aliphatic rings. The number of alkyl halides is 1. The maximum atomic E-state index is 14.8. The van der Waals surface area contributed by atoms with E-state index in [0.29, 0.717) is 0 Å². The highest BCUT2D eigenvalue weighted by Crippen LogP contribution is 2.51.